The minimum absolute atomic E-state index is 0.127. The van der Waals surface area contributed by atoms with Crippen LogP contribution >= 0.6 is 23.1 Å². The van der Waals surface area contributed by atoms with Crippen LogP contribution in [0.25, 0.3) is 10.2 Å². The van der Waals surface area contributed by atoms with Gasteiger partial charge in [-0.05, 0) is 78.0 Å². The van der Waals surface area contributed by atoms with Gasteiger partial charge in [-0.2, -0.15) is 0 Å². The highest BCUT2D eigenvalue weighted by molar-refractivity contribution is 7.98. The van der Waals surface area contributed by atoms with E-state index in [0.29, 0.717) is 6.04 Å². The maximum Gasteiger partial charge on any atom is 0.190 e. The van der Waals surface area contributed by atoms with Crippen molar-refractivity contribution in [3.05, 3.63) is 10.4 Å². The molecule has 0 unspecified atom stereocenters. The van der Waals surface area contributed by atoms with Crippen LogP contribution in [0.4, 0.5) is 5.82 Å². The fourth-order valence-corrected chi connectivity index (χ4v) is 6.64. The monoisotopic (exact) mass is 390 g/mol. The number of hydrogen-bond donors (Lipinski definition) is 2. The van der Waals surface area contributed by atoms with Gasteiger partial charge in [-0.3, -0.25) is 0 Å². The molecule has 1 aliphatic heterocycles. The molecule has 2 aliphatic rings. The lowest BCUT2D eigenvalue weighted by atomic mass is 9.79. The van der Waals surface area contributed by atoms with Gasteiger partial charge in [-0.1, -0.05) is 11.8 Å². The summed E-state index contributed by atoms with van der Waals surface area (Å²) >= 11 is 3.53. The molecular weight excluding hydrogens is 360 g/mol. The smallest absolute Gasteiger partial charge is 0.190 e. The van der Waals surface area contributed by atoms with E-state index in [1.807, 2.05) is 11.3 Å². The standard InChI is InChI=1S/C20H30N4S2/c1-19(2)10-12(11-20(3,4)24-19)21-16-15-13-8-6-7-9-14(13)26-17(15)23-18(22-16)25-5/h12,24H,6-11H2,1-5H3,(H,21,22,23). The number of thiophene rings is 1. The maximum atomic E-state index is 4.92. The van der Waals surface area contributed by atoms with Gasteiger partial charge in [-0.25, -0.2) is 9.97 Å². The van der Waals surface area contributed by atoms with Crippen molar-refractivity contribution in [2.24, 2.45) is 0 Å². The van der Waals surface area contributed by atoms with E-state index < -0.39 is 0 Å². The molecule has 6 heteroatoms. The molecule has 2 N–H and O–H groups in total. The molecule has 0 saturated carbocycles. The number of thioether (sulfide) groups is 1. The number of fused-ring (bicyclic) bond motifs is 3. The van der Waals surface area contributed by atoms with Crippen LogP contribution in [0.15, 0.2) is 5.16 Å². The van der Waals surface area contributed by atoms with Crippen LogP contribution in [0.5, 0.6) is 0 Å². The summed E-state index contributed by atoms with van der Waals surface area (Å²) in [7, 11) is 0. The molecule has 1 fully saturated rings. The van der Waals surface area contributed by atoms with Crippen LogP contribution in [0.2, 0.25) is 0 Å². The van der Waals surface area contributed by atoms with Crippen molar-refractivity contribution in [1.29, 1.82) is 0 Å². The second-order valence-electron chi connectivity index (χ2n) is 9.09. The van der Waals surface area contributed by atoms with E-state index in [1.54, 1.807) is 11.8 Å². The Labute approximate surface area is 165 Å². The van der Waals surface area contributed by atoms with Gasteiger partial charge in [0.05, 0.1) is 5.39 Å². The number of nitrogens with zero attached hydrogens (tertiary/aromatic N) is 2. The number of anilines is 1. The van der Waals surface area contributed by atoms with Crippen LogP contribution in [-0.2, 0) is 12.8 Å². The predicted molar refractivity (Wildman–Crippen MR) is 114 cm³/mol. The molecular formula is C20H30N4S2. The Kier molecular flexibility index (Phi) is 4.73. The van der Waals surface area contributed by atoms with Crippen LogP contribution in [-0.4, -0.2) is 33.3 Å². The van der Waals surface area contributed by atoms with Crippen molar-refractivity contribution in [2.45, 2.75) is 88.5 Å². The van der Waals surface area contributed by atoms with Crippen molar-refractivity contribution in [1.82, 2.24) is 15.3 Å². The number of nitrogens with one attached hydrogen (secondary N) is 2. The van der Waals surface area contributed by atoms with Gasteiger partial charge in [0.1, 0.15) is 10.6 Å². The summed E-state index contributed by atoms with van der Waals surface area (Å²) in [6.45, 7) is 9.21. The van der Waals surface area contributed by atoms with Gasteiger partial charge in [0, 0.05) is 22.0 Å². The molecule has 4 nitrogen and oxygen atoms in total. The molecule has 1 aliphatic carbocycles. The average molecular weight is 391 g/mol. The Morgan fingerprint density at radius 2 is 1.77 bits per heavy atom. The second-order valence-corrected chi connectivity index (χ2v) is 10.9. The Bertz CT molecular complexity index is 809. The second kappa shape index (κ2) is 6.64. The third-order valence-corrected chi connectivity index (χ3v) is 7.24. The molecule has 142 valence electrons. The minimum atomic E-state index is 0.127. The number of aryl methyl sites for hydroxylation is 2. The molecule has 0 atom stereocenters. The zero-order chi connectivity index (χ0) is 18.5. The first kappa shape index (κ1) is 18.5. The molecule has 1 saturated heterocycles. The summed E-state index contributed by atoms with van der Waals surface area (Å²) in [4.78, 5) is 12.5. The highest BCUT2D eigenvalue weighted by Crippen LogP contribution is 2.40. The minimum Gasteiger partial charge on any atom is -0.367 e. The molecule has 3 heterocycles. The average Bonchev–Trinajstić information content (AvgIpc) is 2.90. The third kappa shape index (κ3) is 3.60. The normalized spacial score (nSPS) is 22.3. The van der Waals surface area contributed by atoms with Gasteiger partial charge < -0.3 is 10.6 Å². The SMILES string of the molecule is CSc1nc(NC2CC(C)(C)NC(C)(C)C2)c2c3c(sc2n1)CCCC3. The number of hydrogen-bond acceptors (Lipinski definition) is 6. The van der Waals surface area contributed by atoms with Crippen molar-refractivity contribution in [2.75, 3.05) is 11.6 Å². The molecule has 0 bridgehead atoms. The molecule has 0 radical (unpaired) electrons. The van der Waals surface area contributed by atoms with E-state index in [1.165, 1.54) is 46.3 Å². The lowest BCUT2D eigenvalue weighted by molar-refractivity contribution is 0.170. The third-order valence-electron chi connectivity index (χ3n) is 5.51. The number of piperidine rings is 1. The van der Waals surface area contributed by atoms with Gasteiger partial charge in [0.2, 0.25) is 0 Å². The van der Waals surface area contributed by atoms with E-state index in [-0.39, 0.29) is 11.1 Å². The summed E-state index contributed by atoms with van der Waals surface area (Å²) in [6.07, 6.45) is 9.24. The first-order chi connectivity index (χ1) is 12.3. The summed E-state index contributed by atoms with van der Waals surface area (Å²) < 4.78 is 0. The Morgan fingerprint density at radius 1 is 1.08 bits per heavy atom. The van der Waals surface area contributed by atoms with Crippen LogP contribution in [0.3, 0.4) is 0 Å². The summed E-state index contributed by atoms with van der Waals surface area (Å²) in [6, 6.07) is 0.424. The Morgan fingerprint density at radius 3 is 2.46 bits per heavy atom. The molecule has 2 aromatic heterocycles. The van der Waals surface area contributed by atoms with Crippen LogP contribution in [0.1, 0.15) is 63.8 Å². The molecule has 4 rings (SSSR count). The number of rotatable bonds is 3. The Balaban J connectivity index is 1.74. The zero-order valence-electron chi connectivity index (χ0n) is 16.5. The first-order valence-electron chi connectivity index (χ1n) is 9.68. The molecule has 0 spiro atoms. The number of aromatic nitrogens is 2. The van der Waals surface area contributed by atoms with Crippen molar-refractivity contribution < 1.29 is 0 Å². The lowest BCUT2D eigenvalue weighted by Crippen LogP contribution is -2.60. The fourth-order valence-electron chi connectivity index (χ4n) is 4.95. The Hall–Kier alpha value is -0.850. The van der Waals surface area contributed by atoms with Gasteiger partial charge in [-0.15, -0.1) is 11.3 Å². The zero-order valence-corrected chi connectivity index (χ0v) is 18.2. The van der Waals surface area contributed by atoms with E-state index in [9.17, 15) is 0 Å². The summed E-state index contributed by atoms with van der Waals surface area (Å²) in [5, 5.41) is 9.81. The highest BCUT2D eigenvalue weighted by Gasteiger charge is 2.38. The van der Waals surface area contributed by atoms with Crippen molar-refractivity contribution in [3.8, 4) is 0 Å². The van der Waals surface area contributed by atoms with Crippen molar-refractivity contribution >= 4 is 39.1 Å². The van der Waals surface area contributed by atoms with E-state index in [0.717, 1.165) is 23.8 Å². The maximum absolute atomic E-state index is 4.92. The topological polar surface area (TPSA) is 49.8 Å². The molecule has 2 aromatic rings. The fraction of sp³-hybridized carbons (Fsp3) is 0.700. The van der Waals surface area contributed by atoms with E-state index in [2.05, 4.69) is 44.6 Å². The summed E-state index contributed by atoms with van der Waals surface area (Å²) in [5.74, 6) is 1.07. The van der Waals surface area contributed by atoms with Crippen molar-refractivity contribution in [3.63, 3.8) is 0 Å². The predicted octanol–water partition coefficient (Wildman–Crippen LogP) is 5.01. The summed E-state index contributed by atoms with van der Waals surface area (Å²) in [5.41, 5.74) is 1.77. The van der Waals surface area contributed by atoms with E-state index in [4.69, 9.17) is 9.97 Å². The largest absolute Gasteiger partial charge is 0.367 e. The molecule has 26 heavy (non-hydrogen) atoms. The molecule has 0 aromatic carbocycles. The first-order valence-corrected chi connectivity index (χ1v) is 11.7. The van der Waals surface area contributed by atoms with Gasteiger partial charge in [0.25, 0.3) is 0 Å². The highest BCUT2D eigenvalue weighted by atomic mass is 32.2. The van der Waals surface area contributed by atoms with Gasteiger partial charge >= 0.3 is 0 Å². The van der Waals surface area contributed by atoms with E-state index >= 15 is 0 Å². The molecule has 0 amide bonds. The van der Waals surface area contributed by atoms with Gasteiger partial charge in [0.15, 0.2) is 5.16 Å². The quantitative estimate of drug-likeness (QED) is 0.570. The van der Waals surface area contributed by atoms with Crippen LogP contribution < -0.4 is 10.6 Å². The van der Waals surface area contributed by atoms with Crippen LogP contribution in [0, 0.1) is 0 Å². The lowest BCUT2D eigenvalue weighted by Gasteiger charge is -2.46.